The summed E-state index contributed by atoms with van der Waals surface area (Å²) in [6.07, 6.45) is 3.25. The largest absolute Gasteiger partial charge is 0.494 e. The Morgan fingerprint density at radius 1 is 1.20 bits per heavy atom. The van der Waals surface area contributed by atoms with Gasteiger partial charge in [0.15, 0.2) is 0 Å². The fourth-order valence-corrected chi connectivity index (χ4v) is 1.39. The maximum Gasteiger partial charge on any atom is 0.119 e. The minimum Gasteiger partial charge on any atom is -0.494 e. The molecule has 15 heavy (non-hydrogen) atoms. The molecule has 1 rings (SSSR count). The van der Waals surface area contributed by atoms with Crippen LogP contribution in [0.15, 0.2) is 30.3 Å². The van der Waals surface area contributed by atoms with Crippen molar-refractivity contribution in [2.75, 3.05) is 13.2 Å². The molecule has 1 atom stereocenters. The second kappa shape index (κ2) is 7.30. The third-order valence-electron chi connectivity index (χ3n) is 2.41. The summed E-state index contributed by atoms with van der Waals surface area (Å²) in [6.45, 7) is 3.12. The Balaban J connectivity index is 2.03. The van der Waals surface area contributed by atoms with Crippen LogP contribution in [0.25, 0.3) is 0 Å². The lowest BCUT2D eigenvalue weighted by Gasteiger charge is -2.08. The molecule has 2 nitrogen and oxygen atoms in total. The van der Waals surface area contributed by atoms with Gasteiger partial charge in [0, 0.05) is 6.61 Å². The first kappa shape index (κ1) is 12.1. The van der Waals surface area contributed by atoms with E-state index in [1.807, 2.05) is 30.3 Å². The van der Waals surface area contributed by atoms with Gasteiger partial charge in [-0.2, -0.15) is 0 Å². The van der Waals surface area contributed by atoms with Gasteiger partial charge in [-0.05, 0) is 37.3 Å². The first-order valence-electron chi connectivity index (χ1n) is 5.61. The maximum absolute atomic E-state index is 8.84. The van der Waals surface area contributed by atoms with Crippen molar-refractivity contribution in [3.8, 4) is 5.75 Å². The highest BCUT2D eigenvalue weighted by Crippen LogP contribution is 2.10. The van der Waals surface area contributed by atoms with Gasteiger partial charge in [-0.1, -0.05) is 25.1 Å². The number of para-hydroxylation sites is 1. The maximum atomic E-state index is 8.84. The second-order valence-electron chi connectivity index (χ2n) is 3.95. The van der Waals surface area contributed by atoms with Crippen molar-refractivity contribution >= 4 is 0 Å². The van der Waals surface area contributed by atoms with Gasteiger partial charge < -0.3 is 9.84 Å². The summed E-state index contributed by atoms with van der Waals surface area (Å²) in [7, 11) is 0. The minimum absolute atomic E-state index is 0.291. The molecule has 1 N–H and O–H groups in total. The molecule has 1 unspecified atom stereocenters. The van der Waals surface area contributed by atoms with Gasteiger partial charge in [0.1, 0.15) is 5.75 Å². The lowest BCUT2D eigenvalue weighted by Crippen LogP contribution is -2.02. The zero-order chi connectivity index (χ0) is 10.9. The Bertz CT molecular complexity index is 246. The molecule has 0 aliphatic heterocycles. The molecule has 0 aromatic heterocycles. The summed E-state index contributed by atoms with van der Waals surface area (Å²) in [5.41, 5.74) is 0. The molecule has 0 saturated carbocycles. The zero-order valence-electron chi connectivity index (χ0n) is 9.36. The van der Waals surface area contributed by atoms with Crippen LogP contribution < -0.4 is 4.74 Å². The second-order valence-corrected chi connectivity index (χ2v) is 3.95. The molecule has 0 heterocycles. The van der Waals surface area contributed by atoms with Gasteiger partial charge in [0.05, 0.1) is 6.61 Å². The van der Waals surface area contributed by atoms with Crippen molar-refractivity contribution in [2.45, 2.75) is 26.2 Å². The van der Waals surface area contributed by atoms with Gasteiger partial charge in [-0.3, -0.25) is 0 Å². The Morgan fingerprint density at radius 2 is 1.93 bits per heavy atom. The number of ether oxygens (including phenoxy) is 1. The molecule has 0 spiro atoms. The van der Waals surface area contributed by atoms with Crippen LogP contribution in [0.5, 0.6) is 5.75 Å². The lowest BCUT2D eigenvalue weighted by molar-refractivity contribution is 0.223. The fraction of sp³-hybridized carbons (Fsp3) is 0.538. The summed E-state index contributed by atoms with van der Waals surface area (Å²) >= 11 is 0. The first-order chi connectivity index (χ1) is 7.33. The average Bonchev–Trinajstić information content (AvgIpc) is 2.29. The molecule has 0 amide bonds. The van der Waals surface area contributed by atoms with Crippen LogP contribution in [-0.2, 0) is 0 Å². The molecule has 0 radical (unpaired) electrons. The molecule has 2 heteroatoms. The van der Waals surface area contributed by atoms with Crippen molar-refractivity contribution in [1.29, 1.82) is 0 Å². The molecule has 0 bridgehead atoms. The van der Waals surface area contributed by atoms with E-state index in [4.69, 9.17) is 9.84 Å². The quantitative estimate of drug-likeness (QED) is 0.698. The predicted molar refractivity (Wildman–Crippen MR) is 62.0 cm³/mol. The van der Waals surface area contributed by atoms with Gasteiger partial charge in [0.25, 0.3) is 0 Å². The fourth-order valence-electron chi connectivity index (χ4n) is 1.39. The molecular formula is C13H20O2. The van der Waals surface area contributed by atoms with E-state index in [0.29, 0.717) is 12.5 Å². The minimum atomic E-state index is 0.291. The van der Waals surface area contributed by atoms with Crippen molar-refractivity contribution in [1.82, 2.24) is 0 Å². The van der Waals surface area contributed by atoms with E-state index in [2.05, 4.69) is 6.92 Å². The van der Waals surface area contributed by atoms with Crippen molar-refractivity contribution < 1.29 is 9.84 Å². The van der Waals surface area contributed by atoms with Crippen LogP contribution in [-0.4, -0.2) is 18.3 Å². The van der Waals surface area contributed by atoms with E-state index in [9.17, 15) is 0 Å². The third-order valence-corrected chi connectivity index (χ3v) is 2.41. The lowest BCUT2D eigenvalue weighted by atomic mass is 10.1. The highest BCUT2D eigenvalue weighted by molar-refractivity contribution is 5.20. The number of hydrogen-bond donors (Lipinski definition) is 1. The van der Waals surface area contributed by atoms with E-state index in [1.54, 1.807) is 0 Å². The number of aliphatic hydroxyl groups excluding tert-OH is 1. The number of aliphatic hydroxyl groups is 1. The summed E-state index contributed by atoms with van der Waals surface area (Å²) in [5.74, 6) is 1.36. The number of unbranched alkanes of at least 4 members (excludes halogenated alkanes) is 1. The summed E-state index contributed by atoms with van der Waals surface area (Å²) in [5, 5.41) is 8.84. The molecule has 0 aliphatic rings. The van der Waals surface area contributed by atoms with Gasteiger partial charge >= 0.3 is 0 Å². The van der Waals surface area contributed by atoms with Gasteiger partial charge in [-0.15, -0.1) is 0 Å². The van der Waals surface area contributed by atoms with Crippen LogP contribution in [0.3, 0.4) is 0 Å². The van der Waals surface area contributed by atoms with E-state index >= 15 is 0 Å². The van der Waals surface area contributed by atoms with Gasteiger partial charge in [0.2, 0.25) is 0 Å². The normalized spacial score (nSPS) is 12.4. The number of hydrogen-bond acceptors (Lipinski definition) is 2. The van der Waals surface area contributed by atoms with Crippen LogP contribution in [0.4, 0.5) is 0 Å². The Kier molecular flexibility index (Phi) is 5.86. The Hall–Kier alpha value is -1.02. The highest BCUT2D eigenvalue weighted by atomic mass is 16.5. The van der Waals surface area contributed by atoms with Crippen molar-refractivity contribution in [3.05, 3.63) is 30.3 Å². The Labute approximate surface area is 91.9 Å². The van der Waals surface area contributed by atoms with Crippen LogP contribution in [0.1, 0.15) is 26.2 Å². The van der Waals surface area contributed by atoms with E-state index in [-0.39, 0.29) is 0 Å². The van der Waals surface area contributed by atoms with Crippen molar-refractivity contribution in [3.63, 3.8) is 0 Å². The molecular weight excluding hydrogens is 188 g/mol. The SMILES string of the molecule is CC(CO)CCCCOc1ccccc1. The first-order valence-corrected chi connectivity index (χ1v) is 5.61. The molecule has 1 aromatic carbocycles. The molecule has 84 valence electrons. The number of benzene rings is 1. The predicted octanol–water partition coefficient (Wildman–Crippen LogP) is 2.86. The molecule has 1 aromatic rings. The van der Waals surface area contributed by atoms with Crippen LogP contribution in [0, 0.1) is 5.92 Å². The van der Waals surface area contributed by atoms with Crippen LogP contribution in [0.2, 0.25) is 0 Å². The smallest absolute Gasteiger partial charge is 0.119 e. The van der Waals surface area contributed by atoms with E-state index < -0.39 is 0 Å². The number of rotatable bonds is 7. The molecule has 0 aliphatic carbocycles. The molecule has 0 fully saturated rings. The van der Waals surface area contributed by atoms with Crippen molar-refractivity contribution in [2.24, 2.45) is 5.92 Å². The van der Waals surface area contributed by atoms with E-state index in [1.165, 1.54) is 0 Å². The third kappa shape index (κ3) is 5.43. The molecule has 0 saturated heterocycles. The topological polar surface area (TPSA) is 29.5 Å². The average molecular weight is 208 g/mol. The standard InChI is InChI=1S/C13H20O2/c1-12(11-14)7-5-6-10-15-13-8-3-2-4-9-13/h2-4,8-9,12,14H,5-7,10-11H2,1H3. The summed E-state index contributed by atoms with van der Waals surface area (Å²) in [4.78, 5) is 0. The van der Waals surface area contributed by atoms with Crippen LogP contribution >= 0.6 is 0 Å². The zero-order valence-corrected chi connectivity index (χ0v) is 9.36. The van der Waals surface area contributed by atoms with E-state index in [0.717, 1.165) is 31.6 Å². The summed E-state index contributed by atoms with van der Waals surface area (Å²) in [6, 6.07) is 9.87. The summed E-state index contributed by atoms with van der Waals surface area (Å²) < 4.78 is 5.56. The van der Waals surface area contributed by atoms with Gasteiger partial charge in [-0.25, -0.2) is 0 Å². The highest BCUT2D eigenvalue weighted by Gasteiger charge is 1.99. The Morgan fingerprint density at radius 3 is 2.60 bits per heavy atom. The monoisotopic (exact) mass is 208 g/mol.